The van der Waals surface area contributed by atoms with Crippen LogP contribution in [0.5, 0.6) is 0 Å². The Morgan fingerprint density at radius 1 is 1.19 bits per heavy atom. The first-order chi connectivity index (χ1) is 17.4. The van der Waals surface area contributed by atoms with Crippen LogP contribution in [0.2, 0.25) is 0 Å². The smallest absolute Gasteiger partial charge is 0.224 e. The Labute approximate surface area is 211 Å². The van der Waals surface area contributed by atoms with Gasteiger partial charge < -0.3 is 19.8 Å². The van der Waals surface area contributed by atoms with E-state index in [0.29, 0.717) is 19.1 Å². The number of hydrogen-bond acceptors (Lipinski definition) is 5. The molecular formula is C29H33FN2O4. The van der Waals surface area contributed by atoms with Crippen molar-refractivity contribution < 1.29 is 24.1 Å². The number of hydrogen-bond donors (Lipinski definition) is 2. The molecule has 4 rings (SSSR count). The molecule has 1 amide bonds. The van der Waals surface area contributed by atoms with Crippen LogP contribution in [0, 0.1) is 5.82 Å². The van der Waals surface area contributed by atoms with Crippen molar-refractivity contribution in [2.45, 2.75) is 43.8 Å². The second-order valence-corrected chi connectivity index (χ2v) is 9.41. The largest absolute Gasteiger partial charge is 0.392 e. The number of para-hydroxylation sites is 1. The first-order valence-electron chi connectivity index (χ1n) is 12.3. The lowest BCUT2D eigenvalue weighted by atomic mass is 9.92. The van der Waals surface area contributed by atoms with Gasteiger partial charge in [0.1, 0.15) is 5.82 Å². The summed E-state index contributed by atoms with van der Waals surface area (Å²) in [5.74, 6) is -0.163. The summed E-state index contributed by atoms with van der Waals surface area (Å²) in [7, 11) is 3.23. The highest BCUT2D eigenvalue weighted by Crippen LogP contribution is 2.45. The number of aliphatic hydroxyl groups is 2. The Kier molecular flexibility index (Phi) is 8.46. The number of ether oxygens (including phenoxy) is 1. The minimum atomic E-state index is -0.976. The number of amides is 1. The van der Waals surface area contributed by atoms with Gasteiger partial charge in [-0.15, -0.1) is 0 Å². The topological polar surface area (TPSA) is 82.9 Å². The zero-order valence-corrected chi connectivity index (χ0v) is 20.7. The number of aromatic nitrogens is 1. The molecule has 2 atom stereocenters. The van der Waals surface area contributed by atoms with Crippen LogP contribution in [0.3, 0.4) is 0 Å². The summed E-state index contributed by atoms with van der Waals surface area (Å²) in [4.78, 5) is 18.7. The molecule has 2 N–H and O–H groups in total. The third-order valence-electron chi connectivity index (χ3n) is 6.52. The van der Waals surface area contributed by atoms with Gasteiger partial charge in [-0.25, -0.2) is 4.39 Å². The van der Waals surface area contributed by atoms with Crippen molar-refractivity contribution in [1.82, 2.24) is 9.88 Å². The number of nitrogens with zero attached hydrogens (tertiary/aromatic N) is 2. The third-order valence-corrected chi connectivity index (χ3v) is 6.52. The van der Waals surface area contributed by atoms with E-state index >= 15 is 0 Å². The van der Waals surface area contributed by atoms with Gasteiger partial charge >= 0.3 is 0 Å². The summed E-state index contributed by atoms with van der Waals surface area (Å²) in [6.45, 7) is 0.860. The Balaban J connectivity index is 1.60. The number of carbonyl (C=O) groups excluding carboxylic acids is 1. The molecule has 2 aromatic carbocycles. The van der Waals surface area contributed by atoms with Crippen molar-refractivity contribution in [3.8, 4) is 11.1 Å². The summed E-state index contributed by atoms with van der Waals surface area (Å²) >= 11 is 0. The quantitative estimate of drug-likeness (QED) is 0.411. The van der Waals surface area contributed by atoms with Crippen LogP contribution < -0.4 is 0 Å². The lowest BCUT2D eigenvalue weighted by Crippen LogP contribution is -2.33. The number of pyridine rings is 1. The van der Waals surface area contributed by atoms with E-state index in [-0.39, 0.29) is 24.6 Å². The predicted molar refractivity (Wildman–Crippen MR) is 139 cm³/mol. The lowest BCUT2D eigenvalue weighted by molar-refractivity contribution is -0.132. The average molecular weight is 493 g/mol. The molecule has 0 saturated heterocycles. The molecule has 1 aliphatic rings. The van der Waals surface area contributed by atoms with E-state index < -0.39 is 12.2 Å². The third kappa shape index (κ3) is 6.35. The molecule has 0 aliphatic heterocycles. The highest BCUT2D eigenvalue weighted by atomic mass is 19.1. The Morgan fingerprint density at radius 3 is 2.61 bits per heavy atom. The van der Waals surface area contributed by atoms with Gasteiger partial charge in [0.15, 0.2) is 0 Å². The van der Waals surface area contributed by atoms with Gasteiger partial charge in [-0.1, -0.05) is 42.5 Å². The molecule has 0 spiro atoms. The SMILES string of the molecule is COCCN(C)C(=O)C[C@H](O)C[C@H](O)/C=C/c1c(C2CC2)nc2ccccc2c1-c1ccc(F)cc1. The van der Waals surface area contributed by atoms with Crippen LogP contribution >= 0.6 is 0 Å². The van der Waals surface area contributed by atoms with Crippen LogP contribution in [0.15, 0.2) is 54.6 Å². The lowest BCUT2D eigenvalue weighted by Gasteiger charge is -2.19. The number of methoxy groups -OCH3 is 1. The summed E-state index contributed by atoms with van der Waals surface area (Å²) in [5, 5.41) is 22.0. The van der Waals surface area contributed by atoms with Crippen LogP contribution in [0.4, 0.5) is 4.39 Å². The highest BCUT2D eigenvalue weighted by Gasteiger charge is 2.29. The van der Waals surface area contributed by atoms with Crippen LogP contribution in [-0.4, -0.2) is 65.5 Å². The first-order valence-corrected chi connectivity index (χ1v) is 12.3. The monoisotopic (exact) mass is 492 g/mol. The fourth-order valence-corrected chi connectivity index (χ4v) is 4.37. The second kappa shape index (κ2) is 11.7. The molecular weight excluding hydrogens is 459 g/mol. The molecule has 0 radical (unpaired) electrons. The maximum absolute atomic E-state index is 13.7. The number of carbonyl (C=O) groups is 1. The molecule has 36 heavy (non-hydrogen) atoms. The molecule has 6 nitrogen and oxygen atoms in total. The van der Waals surface area contributed by atoms with Crippen LogP contribution in [-0.2, 0) is 9.53 Å². The fraction of sp³-hybridized carbons (Fsp3) is 0.379. The van der Waals surface area contributed by atoms with E-state index in [1.54, 1.807) is 32.4 Å². The van der Waals surface area contributed by atoms with Gasteiger partial charge in [-0.2, -0.15) is 0 Å². The molecule has 1 saturated carbocycles. The number of fused-ring (bicyclic) bond motifs is 1. The zero-order chi connectivity index (χ0) is 25.7. The first kappa shape index (κ1) is 25.9. The average Bonchev–Trinajstić information content (AvgIpc) is 3.71. The van der Waals surface area contributed by atoms with Crippen molar-refractivity contribution in [3.63, 3.8) is 0 Å². The normalized spacial score (nSPS) is 15.4. The molecule has 1 heterocycles. The summed E-state index contributed by atoms with van der Waals surface area (Å²) in [5.41, 5.74) is 4.55. The molecule has 1 fully saturated rings. The minimum absolute atomic E-state index is 0.0337. The van der Waals surface area contributed by atoms with Crippen molar-refractivity contribution in [2.75, 3.05) is 27.3 Å². The van der Waals surface area contributed by atoms with Crippen molar-refractivity contribution in [3.05, 3.63) is 71.7 Å². The van der Waals surface area contributed by atoms with Gasteiger partial charge in [0, 0.05) is 49.6 Å². The standard InChI is InChI=1S/C29H33FN2O4/c1-32(15-16-36-2)27(35)18-23(34)17-22(33)13-14-25-28(19-9-11-21(30)12-10-19)24-5-3-4-6-26(24)31-29(25)20-7-8-20/h3-6,9-14,20,22-23,33-34H,7-8,15-18H2,1-2H3/b14-13+/t22-,23-/m1/s1. The van der Waals surface area contributed by atoms with E-state index in [1.807, 2.05) is 30.3 Å². The number of likely N-dealkylation sites (N-methyl/N-ethyl adjacent to an activating group) is 1. The van der Waals surface area contributed by atoms with Crippen molar-refractivity contribution >= 4 is 22.9 Å². The number of halogens is 1. The van der Waals surface area contributed by atoms with Gasteiger partial charge in [-0.3, -0.25) is 9.78 Å². The fourth-order valence-electron chi connectivity index (χ4n) is 4.37. The molecule has 7 heteroatoms. The summed E-state index contributed by atoms with van der Waals surface area (Å²) in [6.07, 6.45) is 3.64. The van der Waals surface area contributed by atoms with E-state index in [1.165, 1.54) is 17.0 Å². The van der Waals surface area contributed by atoms with E-state index in [2.05, 4.69) is 0 Å². The number of rotatable bonds is 11. The highest BCUT2D eigenvalue weighted by molar-refractivity contribution is 5.99. The van der Waals surface area contributed by atoms with Crippen molar-refractivity contribution in [1.29, 1.82) is 0 Å². The second-order valence-electron chi connectivity index (χ2n) is 9.41. The van der Waals surface area contributed by atoms with Crippen molar-refractivity contribution in [2.24, 2.45) is 0 Å². The predicted octanol–water partition coefficient (Wildman–Crippen LogP) is 4.54. The minimum Gasteiger partial charge on any atom is -0.392 e. The van der Waals surface area contributed by atoms with E-state index in [9.17, 15) is 19.4 Å². The van der Waals surface area contributed by atoms with Gasteiger partial charge in [0.05, 0.1) is 36.4 Å². The van der Waals surface area contributed by atoms with Crippen LogP contribution in [0.1, 0.15) is 42.9 Å². The van der Waals surface area contributed by atoms with Gasteiger partial charge in [0.2, 0.25) is 5.91 Å². The molecule has 1 aliphatic carbocycles. The Morgan fingerprint density at radius 2 is 1.92 bits per heavy atom. The number of benzene rings is 2. The number of aliphatic hydroxyl groups excluding tert-OH is 2. The molecule has 190 valence electrons. The Hall–Kier alpha value is -3.13. The summed E-state index contributed by atoms with van der Waals surface area (Å²) < 4.78 is 18.7. The summed E-state index contributed by atoms with van der Waals surface area (Å²) in [6, 6.07) is 14.3. The molecule has 0 unspecified atom stereocenters. The molecule has 0 bridgehead atoms. The van der Waals surface area contributed by atoms with Crippen LogP contribution in [0.25, 0.3) is 28.1 Å². The van der Waals surface area contributed by atoms with E-state index in [0.717, 1.165) is 46.1 Å². The Bertz CT molecular complexity index is 1220. The molecule has 1 aromatic heterocycles. The van der Waals surface area contributed by atoms with Gasteiger partial charge in [0.25, 0.3) is 0 Å². The molecule has 3 aromatic rings. The maximum atomic E-state index is 13.7. The van der Waals surface area contributed by atoms with E-state index in [4.69, 9.17) is 9.72 Å². The van der Waals surface area contributed by atoms with Gasteiger partial charge in [-0.05, 0) is 36.6 Å². The maximum Gasteiger partial charge on any atom is 0.224 e. The zero-order valence-electron chi connectivity index (χ0n) is 20.7.